The highest BCUT2D eigenvalue weighted by atomic mass is 35.5. The molecule has 2 aliphatic heterocycles. The maximum absolute atomic E-state index is 14.6. The number of hydrogen-bond acceptors (Lipinski definition) is 7. The predicted octanol–water partition coefficient (Wildman–Crippen LogP) is 3.85. The Morgan fingerprint density at radius 1 is 1.19 bits per heavy atom. The summed E-state index contributed by atoms with van der Waals surface area (Å²) in [4.78, 5) is 35.3. The van der Waals surface area contributed by atoms with Crippen LogP contribution in [0.25, 0.3) is 10.9 Å². The van der Waals surface area contributed by atoms with Crippen molar-refractivity contribution in [2.75, 3.05) is 37.3 Å². The fourth-order valence-corrected chi connectivity index (χ4v) is 4.60. The van der Waals surface area contributed by atoms with Crippen molar-refractivity contribution in [3.8, 4) is 5.75 Å². The lowest BCUT2D eigenvalue weighted by molar-refractivity contribution is -0.123. The summed E-state index contributed by atoms with van der Waals surface area (Å²) in [6, 6.07) is 5.61. The standard InChI is InChI=1S/C25H25ClF2N6O3/c1-34-6-4-14(5-7-34)37-20-10-18-15(9-19(20)33-25(36)13-8-21(35)29-11-13)24(31-12-30-18)32-17-3-2-16(27)22(26)23(17)28/h2-3,9-10,12-14H,4-8,11H2,1H3,(H,29,35)(H,33,36)(H,30,31,32)/t13-/m0/s1. The van der Waals surface area contributed by atoms with Crippen molar-refractivity contribution in [2.45, 2.75) is 25.4 Å². The number of nitrogens with one attached hydrogen (secondary N) is 3. The summed E-state index contributed by atoms with van der Waals surface area (Å²) >= 11 is 5.73. The van der Waals surface area contributed by atoms with Crippen molar-refractivity contribution in [2.24, 2.45) is 5.92 Å². The maximum atomic E-state index is 14.6. The number of hydrogen-bond donors (Lipinski definition) is 3. The lowest BCUT2D eigenvalue weighted by atomic mass is 10.1. The number of anilines is 3. The Bertz CT molecular complexity index is 1370. The van der Waals surface area contributed by atoms with Crippen LogP contribution in [0.5, 0.6) is 5.75 Å². The van der Waals surface area contributed by atoms with Gasteiger partial charge in [-0.1, -0.05) is 11.6 Å². The van der Waals surface area contributed by atoms with Gasteiger partial charge in [0, 0.05) is 37.5 Å². The number of aromatic nitrogens is 2. The molecule has 3 aromatic rings. The first-order chi connectivity index (χ1) is 17.8. The van der Waals surface area contributed by atoms with Gasteiger partial charge in [-0.15, -0.1) is 0 Å². The number of likely N-dealkylation sites (tertiary alicyclic amines) is 1. The van der Waals surface area contributed by atoms with Crippen LogP contribution in [0.4, 0.5) is 26.0 Å². The van der Waals surface area contributed by atoms with Gasteiger partial charge in [-0.2, -0.15) is 0 Å². The van der Waals surface area contributed by atoms with E-state index >= 15 is 0 Å². The second-order valence-corrected chi connectivity index (χ2v) is 9.63. The van der Waals surface area contributed by atoms with Gasteiger partial charge in [-0.05, 0) is 38.1 Å². The normalized spacial score (nSPS) is 18.6. The maximum Gasteiger partial charge on any atom is 0.229 e. The molecule has 5 rings (SSSR count). The van der Waals surface area contributed by atoms with E-state index in [1.54, 1.807) is 12.1 Å². The summed E-state index contributed by atoms with van der Waals surface area (Å²) in [7, 11) is 2.05. The number of rotatable bonds is 6. The molecule has 1 atom stereocenters. The van der Waals surface area contributed by atoms with Crippen molar-refractivity contribution < 1.29 is 23.1 Å². The largest absolute Gasteiger partial charge is 0.488 e. The lowest BCUT2D eigenvalue weighted by Gasteiger charge is -2.30. The lowest BCUT2D eigenvalue weighted by Crippen LogP contribution is -2.35. The van der Waals surface area contributed by atoms with Crippen LogP contribution < -0.4 is 20.7 Å². The number of carbonyl (C=O) groups excluding carboxylic acids is 2. The van der Waals surface area contributed by atoms with Crippen LogP contribution in [0.3, 0.4) is 0 Å². The number of fused-ring (bicyclic) bond motifs is 1. The molecule has 0 saturated carbocycles. The topological polar surface area (TPSA) is 108 Å². The average Bonchev–Trinajstić information content (AvgIpc) is 3.33. The second-order valence-electron chi connectivity index (χ2n) is 9.25. The molecule has 12 heteroatoms. The van der Waals surface area contributed by atoms with E-state index in [-0.39, 0.29) is 42.4 Å². The number of ether oxygens (including phenoxy) is 1. The van der Waals surface area contributed by atoms with Crippen LogP contribution in [0, 0.1) is 17.6 Å². The number of amides is 2. The average molecular weight is 531 g/mol. The fraction of sp³-hybridized carbons (Fsp3) is 0.360. The quantitative estimate of drug-likeness (QED) is 0.415. The molecule has 3 N–H and O–H groups in total. The Morgan fingerprint density at radius 2 is 1.97 bits per heavy atom. The van der Waals surface area contributed by atoms with Crippen LogP contribution >= 0.6 is 11.6 Å². The van der Waals surface area contributed by atoms with Crippen molar-refractivity contribution in [3.63, 3.8) is 0 Å². The zero-order valence-corrected chi connectivity index (χ0v) is 20.7. The highest BCUT2D eigenvalue weighted by Gasteiger charge is 2.29. The number of benzene rings is 2. The number of nitrogens with zero attached hydrogens (tertiary/aromatic N) is 3. The first-order valence-corrected chi connectivity index (χ1v) is 12.3. The summed E-state index contributed by atoms with van der Waals surface area (Å²) in [5, 5.41) is 8.22. The monoisotopic (exact) mass is 530 g/mol. The van der Waals surface area contributed by atoms with E-state index in [1.165, 1.54) is 12.4 Å². The molecular formula is C25H25ClF2N6O3. The van der Waals surface area contributed by atoms with E-state index in [4.69, 9.17) is 16.3 Å². The molecule has 3 heterocycles. The Morgan fingerprint density at radius 3 is 2.70 bits per heavy atom. The minimum atomic E-state index is -0.956. The predicted molar refractivity (Wildman–Crippen MR) is 135 cm³/mol. The minimum Gasteiger partial charge on any atom is -0.488 e. The molecule has 2 aliphatic rings. The van der Waals surface area contributed by atoms with Crippen LogP contribution in [0.15, 0.2) is 30.6 Å². The fourth-order valence-electron chi connectivity index (χ4n) is 4.44. The molecular weight excluding hydrogens is 506 g/mol. The molecule has 37 heavy (non-hydrogen) atoms. The number of piperidine rings is 1. The van der Waals surface area contributed by atoms with Gasteiger partial charge < -0.3 is 25.6 Å². The van der Waals surface area contributed by atoms with Gasteiger partial charge >= 0.3 is 0 Å². The van der Waals surface area contributed by atoms with E-state index < -0.39 is 22.6 Å². The van der Waals surface area contributed by atoms with Gasteiger partial charge in [0.05, 0.1) is 22.8 Å². The molecule has 2 aromatic carbocycles. The summed E-state index contributed by atoms with van der Waals surface area (Å²) in [6.07, 6.45) is 3.01. The van der Waals surface area contributed by atoms with Gasteiger partial charge in [0.1, 0.15) is 34.8 Å². The molecule has 2 amide bonds. The molecule has 1 aromatic heterocycles. The zero-order chi connectivity index (χ0) is 26.1. The molecule has 9 nitrogen and oxygen atoms in total. The van der Waals surface area contributed by atoms with Gasteiger partial charge in [-0.25, -0.2) is 18.7 Å². The van der Waals surface area contributed by atoms with Gasteiger partial charge in [0.15, 0.2) is 5.82 Å². The van der Waals surface area contributed by atoms with E-state index in [9.17, 15) is 18.4 Å². The van der Waals surface area contributed by atoms with Gasteiger partial charge in [-0.3, -0.25) is 9.59 Å². The van der Waals surface area contributed by atoms with E-state index in [1.807, 2.05) is 0 Å². The summed E-state index contributed by atoms with van der Waals surface area (Å²) in [6.45, 7) is 2.03. The Labute approximate surface area is 216 Å². The number of carbonyl (C=O) groups is 2. The molecule has 0 aliphatic carbocycles. The highest BCUT2D eigenvalue weighted by Crippen LogP contribution is 2.36. The number of halogens is 3. The molecule has 0 spiro atoms. The minimum absolute atomic E-state index is 0.0473. The first-order valence-electron chi connectivity index (χ1n) is 11.9. The Hall–Kier alpha value is -3.57. The zero-order valence-electron chi connectivity index (χ0n) is 20.0. The molecule has 0 radical (unpaired) electrons. The van der Waals surface area contributed by atoms with Crippen molar-refractivity contribution in [1.29, 1.82) is 0 Å². The third-order valence-corrected chi connectivity index (χ3v) is 6.94. The summed E-state index contributed by atoms with van der Waals surface area (Å²) in [5.74, 6) is -2.19. The van der Waals surface area contributed by atoms with E-state index in [0.717, 1.165) is 32.0 Å². The molecule has 2 saturated heterocycles. The van der Waals surface area contributed by atoms with E-state index in [0.29, 0.717) is 22.3 Å². The van der Waals surface area contributed by atoms with Gasteiger partial charge in [0.25, 0.3) is 0 Å². The third-order valence-electron chi connectivity index (χ3n) is 6.59. The first kappa shape index (κ1) is 25.1. The summed E-state index contributed by atoms with van der Waals surface area (Å²) < 4.78 is 34.5. The Kier molecular flexibility index (Phi) is 7.07. The van der Waals surface area contributed by atoms with E-state index in [2.05, 4.69) is 37.9 Å². The van der Waals surface area contributed by atoms with Gasteiger partial charge in [0.2, 0.25) is 11.8 Å². The van der Waals surface area contributed by atoms with Crippen LogP contribution in [0.2, 0.25) is 5.02 Å². The van der Waals surface area contributed by atoms with Crippen LogP contribution in [-0.2, 0) is 9.59 Å². The highest BCUT2D eigenvalue weighted by molar-refractivity contribution is 6.31. The molecule has 194 valence electrons. The van der Waals surface area contributed by atoms with Crippen LogP contribution in [0.1, 0.15) is 19.3 Å². The second kappa shape index (κ2) is 10.4. The molecule has 0 bridgehead atoms. The summed E-state index contributed by atoms with van der Waals surface area (Å²) in [5.41, 5.74) is 0.801. The SMILES string of the molecule is CN1CCC(Oc2cc3ncnc(Nc4ccc(F)c(Cl)c4F)c3cc2NC(=O)[C@@H]2CNC(=O)C2)CC1. The smallest absolute Gasteiger partial charge is 0.229 e. The van der Waals surface area contributed by atoms with Crippen LogP contribution in [-0.4, -0.2) is 59.5 Å². The Balaban J connectivity index is 1.51. The van der Waals surface area contributed by atoms with Crippen molar-refractivity contribution in [3.05, 3.63) is 47.2 Å². The molecule has 0 unspecified atom stereocenters. The third kappa shape index (κ3) is 5.42. The van der Waals surface area contributed by atoms with Crippen molar-refractivity contribution >= 4 is 51.5 Å². The van der Waals surface area contributed by atoms with Crippen molar-refractivity contribution in [1.82, 2.24) is 20.2 Å². The molecule has 2 fully saturated rings.